The number of carbonyl (C=O) groups is 1. The van der Waals surface area contributed by atoms with E-state index in [0.29, 0.717) is 23.7 Å². The third kappa shape index (κ3) is 4.25. The summed E-state index contributed by atoms with van der Waals surface area (Å²) in [5.74, 6) is 1.07. The van der Waals surface area contributed by atoms with Crippen LogP contribution in [-0.4, -0.2) is 19.0 Å². The summed E-state index contributed by atoms with van der Waals surface area (Å²) < 4.78 is 16.7. The van der Waals surface area contributed by atoms with Crippen molar-refractivity contribution in [3.8, 4) is 11.5 Å². The van der Waals surface area contributed by atoms with Crippen molar-refractivity contribution < 1.29 is 19.0 Å². The molecule has 0 unspecified atom stereocenters. The summed E-state index contributed by atoms with van der Waals surface area (Å²) in [6.45, 7) is 2.46. The molecule has 0 fully saturated rings. The van der Waals surface area contributed by atoms with Crippen molar-refractivity contribution >= 4 is 17.9 Å². The maximum absolute atomic E-state index is 12.4. The molecule has 1 aliphatic rings. The zero-order chi connectivity index (χ0) is 20.9. The average molecular weight is 399 g/mol. The van der Waals surface area contributed by atoms with Crippen LogP contribution in [0.25, 0.3) is 6.08 Å². The Morgan fingerprint density at radius 2 is 1.77 bits per heavy atom. The van der Waals surface area contributed by atoms with Crippen molar-refractivity contribution in [2.45, 2.75) is 13.5 Å². The smallest absolute Gasteiger partial charge is 0.363 e. The molecule has 5 heteroatoms. The summed E-state index contributed by atoms with van der Waals surface area (Å²) in [5.41, 5.74) is 3.89. The molecule has 0 N–H and O–H groups in total. The predicted molar refractivity (Wildman–Crippen MR) is 116 cm³/mol. The van der Waals surface area contributed by atoms with E-state index in [0.717, 1.165) is 16.7 Å². The van der Waals surface area contributed by atoms with Gasteiger partial charge >= 0.3 is 5.97 Å². The zero-order valence-corrected chi connectivity index (χ0v) is 16.8. The van der Waals surface area contributed by atoms with Crippen molar-refractivity contribution in [1.82, 2.24) is 0 Å². The number of ether oxygens (including phenoxy) is 3. The number of hydrogen-bond donors (Lipinski definition) is 0. The van der Waals surface area contributed by atoms with E-state index in [4.69, 9.17) is 14.2 Å². The number of hydrogen-bond acceptors (Lipinski definition) is 5. The second-order valence-electron chi connectivity index (χ2n) is 6.82. The molecule has 0 aliphatic carbocycles. The van der Waals surface area contributed by atoms with Crippen LogP contribution >= 0.6 is 0 Å². The highest BCUT2D eigenvalue weighted by atomic mass is 16.6. The van der Waals surface area contributed by atoms with Gasteiger partial charge in [0, 0.05) is 11.1 Å². The molecule has 5 nitrogen and oxygen atoms in total. The highest BCUT2D eigenvalue weighted by molar-refractivity contribution is 6.12. The average Bonchev–Trinajstić information content (AvgIpc) is 3.14. The minimum absolute atomic E-state index is 0.211. The molecule has 30 heavy (non-hydrogen) atoms. The lowest BCUT2D eigenvalue weighted by Crippen LogP contribution is -2.05. The van der Waals surface area contributed by atoms with Gasteiger partial charge < -0.3 is 14.2 Å². The topological polar surface area (TPSA) is 57.1 Å². The molecular formula is C25H21NO4. The quantitative estimate of drug-likeness (QED) is 0.436. The fraction of sp³-hybridized carbons (Fsp3) is 0.120. The Balaban J connectivity index is 1.65. The number of rotatable bonds is 6. The Morgan fingerprint density at radius 3 is 2.53 bits per heavy atom. The predicted octanol–water partition coefficient (Wildman–Crippen LogP) is 4.93. The highest BCUT2D eigenvalue weighted by Gasteiger charge is 2.24. The summed E-state index contributed by atoms with van der Waals surface area (Å²) in [7, 11) is 1.59. The van der Waals surface area contributed by atoms with Gasteiger partial charge in [-0.15, -0.1) is 0 Å². The summed E-state index contributed by atoms with van der Waals surface area (Å²) in [6.07, 6.45) is 1.66. The molecule has 4 rings (SSSR count). The lowest BCUT2D eigenvalue weighted by molar-refractivity contribution is -0.129. The van der Waals surface area contributed by atoms with Gasteiger partial charge in [-0.05, 0) is 54.5 Å². The first-order chi connectivity index (χ1) is 14.6. The third-order valence-corrected chi connectivity index (χ3v) is 4.79. The number of benzene rings is 3. The number of cyclic esters (lactones) is 1. The second-order valence-corrected chi connectivity index (χ2v) is 6.82. The molecule has 0 saturated carbocycles. The first kappa shape index (κ1) is 19.5. The lowest BCUT2D eigenvalue weighted by atomic mass is 10.1. The van der Waals surface area contributed by atoms with Crippen LogP contribution in [0.3, 0.4) is 0 Å². The van der Waals surface area contributed by atoms with Gasteiger partial charge in [-0.25, -0.2) is 9.79 Å². The van der Waals surface area contributed by atoms with E-state index in [9.17, 15) is 4.79 Å². The van der Waals surface area contributed by atoms with Gasteiger partial charge in [-0.3, -0.25) is 0 Å². The first-order valence-corrected chi connectivity index (χ1v) is 9.57. The van der Waals surface area contributed by atoms with E-state index in [1.54, 1.807) is 13.2 Å². The fourth-order valence-corrected chi connectivity index (χ4v) is 3.09. The third-order valence-electron chi connectivity index (χ3n) is 4.79. The molecule has 0 aromatic heterocycles. The number of carbonyl (C=O) groups excluding carboxylic acids is 1. The monoisotopic (exact) mass is 399 g/mol. The highest BCUT2D eigenvalue weighted by Crippen LogP contribution is 2.29. The maximum atomic E-state index is 12.4. The fourth-order valence-electron chi connectivity index (χ4n) is 3.09. The van der Waals surface area contributed by atoms with Crippen molar-refractivity contribution in [3.05, 3.63) is 101 Å². The molecule has 0 bridgehead atoms. The van der Waals surface area contributed by atoms with Crippen molar-refractivity contribution in [1.29, 1.82) is 0 Å². The van der Waals surface area contributed by atoms with Crippen LogP contribution in [0.1, 0.15) is 22.3 Å². The van der Waals surface area contributed by atoms with Gasteiger partial charge in [-0.1, -0.05) is 42.5 Å². The second kappa shape index (κ2) is 8.66. The molecule has 0 saturated heterocycles. The molecule has 150 valence electrons. The standard InChI is InChI=1S/C25H21NO4/c1-17-8-6-7-11-19(17)16-29-23-13-12-21(28-2)14-20(23)15-22-25(27)30-24(26-22)18-9-4-3-5-10-18/h3-15H,16H2,1-2H3. The summed E-state index contributed by atoms with van der Waals surface area (Å²) in [4.78, 5) is 16.7. The molecule has 0 radical (unpaired) electrons. The molecule has 0 atom stereocenters. The minimum Gasteiger partial charge on any atom is -0.497 e. The maximum Gasteiger partial charge on any atom is 0.363 e. The van der Waals surface area contributed by atoms with Gasteiger partial charge in [-0.2, -0.15) is 0 Å². The van der Waals surface area contributed by atoms with E-state index >= 15 is 0 Å². The van der Waals surface area contributed by atoms with Gasteiger partial charge in [0.05, 0.1) is 7.11 Å². The van der Waals surface area contributed by atoms with E-state index < -0.39 is 5.97 Å². The molecule has 3 aromatic rings. The van der Waals surface area contributed by atoms with E-state index in [1.165, 1.54) is 0 Å². The molecule has 1 aliphatic heterocycles. The molecular weight excluding hydrogens is 378 g/mol. The van der Waals surface area contributed by atoms with Crippen molar-refractivity contribution in [2.24, 2.45) is 4.99 Å². The largest absolute Gasteiger partial charge is 0.497 e. The minimum atomic E-state index is -0.499. The van der Waals surface area contributed by atoms with Crippen molar-refractivity contribution in [2.75, 3.05) is 7.11 Å². The Bertz CT molecular complexity index is 1130. The van der Waals surface area contributed by atoms with Crippen LogP contribution in [0, 0.1) is 6.92 Å². The molecule has 0 amide bonds. The van der Waals surface area contributed by atoms with Gasteiger partial charge in [0.1, 0.15) is 18.1 Å². The summed E-state index contributed by atoms with van der Waals surface area (Å²) >= 11 is 0. The number of aryl methyl sites for hydroxylation is 1. The summed E-state index contributed by atoms with van der Waals surface area (Å²) in [5, 5.41) is 0. The van der Waals surface area contributed by atoms with Gasteiger partial charge in [0.25, 0.3) is 0 Å². The van der Waals surface area contributed by atoms with Crippen LogP contribution in [0.15, 0.2) is 83.5 Å². The van der Waals surface area contributed by atoms with Crippen molar-refractivity contribution in [3.63, 3.8) is 0 Å². The Kier molecular flexibility index (Phi) is 5.61. The van der Waals surface area contributed by atoms with Crippen LogP contribution in [0.4, 0.5) is 0 Å². The first-order valence-electron chi connectivity index (χ1n) is 9.57. The Hall–Kier alpha value is -3.86. The SMILES string of the molecule is COc1ccc(OCc2ccccc2C)c(C=C2N=C(c3ccccc3)OC2=O)c1. The number of nitrogens with zero attached hydrogens (tertiary/aromatic N) is 1. The normalized spacial score (nSPS) is 14.4. The number of methoxy groups -OCH3 is 1. The van der Waals surface area contributed by atoms with E-state index in [-0.39, 0.29) is 11.6 Å². The lowest BCUT2D eigenvalue weighted by Gasteiger charge is -2.12. The zero-order valence-electron chi connectivity index (χ0n) is 16.8. The van der Waals surface area contributed by atoms with Gasteiger partial charge in [0.15, 0.2) is 5.70 Å². The van der Waals surface area contributed by atoms with Gasteiger partial charge in [0.2, 0.25) is 5.90 Å². The number of esters is 1. The van der Waals surface area contributed by atoms with Crippen LogP contribution in [0.2, 0.25) is 0 Å². The molecule has 0 spiro atoms. The molecule has 1 heterocycles. The Labute approximate surface area is 175 Å². The number of aliphatic imine (C=N–C) groups is 1. The summed E-state index contributed by atoms with van der Waals surface area (Å²) in [6, 6.07) is 22.8. The van der Waals surface area contributed by atoms with Crippen LogP contribution in [0.5, 0.6) is 11.5 Å². The van der Waals surface area contributed by atoms with E-state index in [1.807, 2.05) is 79.7 Å². The molecule has 3 aromatic carbocycles. The van der Waals surface area contributed by atoms with Crippen LogP contribution in [-0.2, 0) is 16.1 Å². The van der Waals surface area contributed by atoms with Crippen LogP contribution < -0.4 is 9.47 Å². The van der Waals surface area contributed by atoms with E-state index in [2.05, 4.69) is 4.99 Å². The Morgan fingerprint density at radius 1 is 1.00 bits per heavy atom.